The maximum atomic E-state index is 3.69. The average Bonchev–Trinajstić information content (AvgIpc) is 2.46. The standard InChI is InChI=1S/C16H26N2S/c1-2-19-13-10-17-16-8-11-18(12-9-16)14-15-6-4-3-5-7-15/h3-7,16-17H,2,8-14H2,1H3. The first-order chi connectivity index (χ1) is 9.38. The first-order valence-electron chi connectivity index (χ1n) is 7.46. The van der Waals surface area contributed by atoms with Crippen LogP contribution < -0.4 is 5.32 Å². The topological polar surface area (TPSA) is 15.3 Å². The first kappa shape index (κ1) is 14.9. The van der Waals surface area contributed by atoms with Crippen LogP contribution >= 0.6 is 11.8 Å². The van der Waals surface area contributed by atoms with Crippen LogP contribution in [0.15, 0.2) is 30.3 Å². The number of thioether (sulfide) groups is 1. The number of rotatable bonds is 7. The molecule has 1 aliphatic heterocycles. The van der Waals surface area contributed by atoms with Gasteiger partial charge in [0, 0.05) is 24.9 Å². The SMILES string of the molecule is CCSCCNC1CCN(Cc2ccccc2)CC1. The van der Waals surface area contributed by atoms with E-state index in [0.717, 1.165) is 12.6 Å². The summed E-state index contributed by atoms with van der Waals surface area (Å²) in [5, 5.41) is 3.69. The van der Waals surface area contributed by atoms with Crippen molar-refractivity contribution in [1.82, 2.24) is 10.2 Å². The lowest BCUT2D eigenvalue weighted by Crippen LogP contribution is -2.42. The summed E-state index contributed by atoms with van der Waals surface area (Å²) in [6.45, 7) is 6.97. The summed E-state index contributed by atoms with van der Waals surface area (Å²) >= 11 is 2.03. The monoisotopic (exact) mass is 278 g/mol. The fourth-order valence-electron chi connectivity index (χ4n) is 2.62. The van der Waals surface area contributed by atoms with Gasteiger partial charge in [-0.3, -0.25) is 4.90 Å². The molecule has 0 spiro atoms. The third-order valence-corrected chi connectivity index (χ3v) is 4.62. The van der Waals surface area contributed by atoms with Gasteiger partial charge in [-0.2, -0.15) is 11.8 Å². The fraction of sp³-hybridized carbons (Fsp3) is 0.625. The van der Waals surface area contributed by atoms with Gasteiger partial charge in [0.25, 0.3) is 0 Å². The van der Waals surface area contributed by atoms with E-state index in [9.17, 15) is 0 Å². The van der Waals surface area contributed by atoms with E-state index >= 15 is 0 Å². The van der Waals surface area contributed by atoms with Gasteiger partial charge < -0.3 is 5.32 Å². The summed E-state index contributed by atoms with van der Waals surface area (Å²) in [7, 11) is 0. The van der Waals surface area contributed by atoms with Crippen molar-refractivity contribution in [3.8, 4) is 0 Å². The maximum absolute atomic E-state index is 3.69. The summed E-state index contributed by atoms with van der Waals surface area (Å²) < 4.78 is 0. The summed E-state index contributed by atoms with van der Waals surface area (Å²) in [6.07, 6.45) is 2.59. The van der Waals surface area contributed by atoms with Crippen molar-refractivity contribution in [3.05, 3.63) is 35.9 Å². The molecule has 0 atom stereocenters. The average molecular weight is 278 g/mol. The molecule has 0 unspecified atom stereocenters. The highest BCUT2D eigenvalue weighted by Crippen LogP contribution is 2.13. The maximum Gasteiger partial charge on any atom is 0.0233 e. The quantitative estimate of drug-likeness (QED) is 0.772. The van der Waals surface area contributed by atoms with Crippen LogP contribution in [0.4, 0.5) is 0 Å². The van der Waals surface area contributed by atoms with Crippen LogP contribution in [-0.2, 0) is 6.54 Å². The molecule has 1 aliphatic rings. The van der Waals surface area contributed by atoms with Crippen LogP contribution in [0.25, 0.3) is 0 Å². The number of likely N-dealkylation sites (tertiary alicyclic amines) is 1. The fourth-order valence-corrected chi connectivity index (χ4v) is 3.17. The number of nitrogens with one attached hydrogen (secondary N) is 1. The minimum atomic E-state index is 0.740. The zero-order chi connectivity index (χ0) is 13.3. The van der Waals surface area contributed by atoms with Crippen LogP contribution in [0, 0.1) is 0 Å². The molecule has 0 amide bonds. The van der Waals surface area contributed by atoms with Crippen molar-refractivity contribution in [3.63, 3.8) is 0 Å². The van der Waals surface area contributed by atoms with Gasteiger partial charge in [0.2, 0.25) is 0 Å². The first-order valence-corrected chi connectivity index (χ1v) is 8.61. The van der Waals surface area contributed by atoms with Crippen LogP contribution in [0.5, 0.6) is 0 Å². The van der Waals surface area contributed by atoms with Crippen molar-refractivity contribution in [2.45, 2.75) is 32.4 Å². The molecule has 0 aliphatic carbocycles. The van der Waals surface area contributed by atoms with Crippen LogP contribution in [0.3, 0.4) is 0 Å². The number of nitrogens with zero attached hydrogens (tertiary/aromatic N) is 1. The predicted octanol–water partition coefficient (Wildman–Crippen LogP) is 2.99. The zero-order valence-electron chi connectivity index (χ0n) is 12.0. The molecule has 0 aromatic heterocycles. The van der Waals surface area contributed by atoms with Crippen LogP contribution in [0.2, 0.25) is 0 Å². The number of benzene rings is 1. The predicted molar refractivity (Wildman–Crippen MR) is 85.7 cm³/mol. The van der Waals surface area contributed by atoms with Crippen molar-refractivity contribution in [2.75, 3.05) is 31.1 Å². The number of hydrogen-bond acceptors (Lipinski definition) is 3. The Balaban J connectivity index is 1.62. The Morgan fingerprint density at radius 3 is 2.63 bits per heavy atom. The van der Waals surface area contributed by atoms with Crippen LogP contribution in [0.1, 0.15) is 25.3 Å². The molecular weight excluding hydrogens is 252 g/mol. The second-order valence-corrected chi connectivity index (χ2v) is 6.58. The molecule has 2 nitrogen and oxygen atoms in total. The second kappa shape index (κ2) is 8.62. The molecule has 1 fully saturated rings. The molecule has 106 valence electrons. The molecule has 2 rings (SSSR count). The van der Waals surface area contributed by atoms with Gasteiger partial charge >= 0.3 is 0 Å². The molecule has 0 radical (unpaired) electrons. The molecule has 1 aromatic rings. The molecule has 1 heterocycles. The molecule has 0 bridgehead atoms. The normalized spacial score (nSPS) is 17.7. The van der Waals surface area contributed by atoms with Crippen LogP contribution in [-0.4, -0.2) is 42.1 Å². The lowest BCUT2D eigenvalue weighted by molar-refractivity contribution is 0.192. The van der Waals surface area contributed by atoms with Gasteiger partial charge in [-0.1, -0.05) is 37.3 Å². The lowest BCUT2D eigenvalue weighted by atomic mass is 10.0. The third-order valence-electron chi connectivity index (χ3n) is 3.72. The molecule has 0 saturated carbocycles. The molecule has 19 heavy (non-hydrogen) atoms. The van der Waals surface area contributed by atoms with E-state index in [4.69, 9.17) is 0 Å². The lowest BCUT2D eigenvalue weighted by Gasteiger charge is -2.32. The van der Waals surface area contributed by atoms with Crippen molar-refractivity contribution >= 4 is 11.8 Å². The Labute approximate surface area is 122 Å². The van der Waals surface area contributed by atoms with E-state index in [-0.39, 0.29) is 0 Å². The zero-order valence-corrected chi connectivity index (χ0v) is 12.8. The van der Waals surface area contributed by atoms with Crippen molar-refractivity contribution in [2.24, 2.45) is 0 Å². The third kappa shape index (κ3) is 5.55. The largest absolute Gasteiger partial charge is 0.313 e. The van der Waals surface area contributed by atoms with Gasteiger partial charge in [0.1, 0.15) is 0 Å². The number of piperidine rings is 1. The second-order valence-electron chi connectivity index (χ2n) is 5.19. The Kier molecular flexibility index (Phi) is 6.75. The molecule has 1 saturated heterocycles. The minimum Gasteiger partial charge on any atom is -0.313 e. The Morgan fingerprint density at radius 2 is 1.95 bits per heavy atom. The van der Waals surface area contributed by atoms with Gasteiger partial charge in [-0.25, -0.2) is 0 Å². The Hall–Kier alpha value is -0.510. The molecule has 3 heteroatoms. The highest BCUT2D eigenvalue weighted by atomic mass is 32.2. The van der Waals surface area contributed by atoms with E-state index in [0.29, 0.717) is 0 Å². The smallest absolute Gasteiger partial charge is 0.0233 e. The van der Waals surface area contributed by atoms with Gasteiger partial charge in [-0.15, -0.1) is 0 Å². The van der Waals surface area contributed by atoms with E-state index < -0.39 is 0 Å². The van der Waals surface area contributed by atoms with E-state index in [1.54, 1.807) is 0 Å². The van der Waals surface area contributed by atoms with E-state index in [2.05, 4.69) is 47.5 Å². The van der Waals surface area contributed by atoms with E-state index in [1.807, 2.05) is 11.8 Å². The molecule has 1 aromatic carbocycles. The Bertz CT molecular complexity index is 334. The van der Waals surface area contributed by atoms with Gasteiger partial charge in [-0.05, 0) is 37.2 Å². The summed E-state index contributed by atoms with van der Waals surface area (Å²) in [4.78, 5) is 2.58. The summed E-state index contributed by atoms with van der Waals surface area (Å²) in [5.74, 6) is 2.48. The van der Waals surface area contributed by atoms with Gasteiger partial charge in [0.15, 0.2) is 0 Å². The van der Waals surface area contributed by atoms with Crippen molar-refractivity contribution < 1.29 is 0 Å². The highest BCUT2D eigenvalue weighted by molar-refractivity contribution is 7.99. The van der Waals surface area contributed by atoms with E-state index in [1.165, 1.54) is 49.5 Å². The Morgan fingerprint density at radius 1 is 1.21 bits per heavy atom. The summed E-state index contributed by atoms with van der Waals surface area (Å²) in [6, 6.07) is 11.6. The minimum absolute atomic E-state index is 0.740. The summed E-state index contributed by atoms with van der Waals surface area (Å²) in [5.41, 5.74) is 1.44. The molecular formula is C16H26N2S. The van der Waals surface area contributed by atoms with Gasteiger partial charge in [0.05, 0.1) is 0 Å². The van der Waals surface area contributed by atoms with Crippen molar-refractivity contribution in [1.29, 1.82) is 0 Å². The molecule has 1 N–H and O–H groups in total. The number of hydrogen-bond donors (Lipinski definition) is 1. The highest BCUT2D eigenvalue weighted by Gasteiger charge is 2.18.